The largest absolute Gasteiger partial charge is 0.486 e. The summed E-state index contributed by atoms with van der Waals surface area (Å²) >= 11 is 3.48. The van der Waals surface area contributed by atoms with Gasteiger partial charge in [-0.15, -0.1) is 0 Å². The molecule has 0 amide bonds. The predicted molar refractivity (Wildman–Crippen MR) is 121 cm³/mol. The smallest absolute Gasteiger partial charge is 0.189 e. The summed E-state index contributed by atoms with van der Waals surface area (Å²) < 4.78 is 14.5. The van der Waals surface area contributed by atoms with E-state index in [2.05, 4.69) is 27.1 Å². The number of carbonyl (C=O) groups is 1. The molecule has 0 unspecified atom stereocenters. The van der Waals surface area contributed by atoms with Crippen LogP contribution in [-0.4, -0.2) is 15.6 Å². The zero-order valence-electron chi connectivity index (χ0n) is 16.8. The Morgan fingerprint density at radius 3 is 2.77 bits per heavy atom. The van der Waals surface area contributed by atoms with Crippen LogP contribution in [0.25, 0.3) is 16.8 Å². The highest BCUT2D eigenvalue weighted by Crippen LogP contribution is 2.25. The molecule has 4 aromatic rings. The lowest BCUT2D eigenvalue weighted by atomic mass is 10.1. The standard InChI is InChI=1S/C24H21BrN2O3/c1-3-27-16(2)23(14-26-27)24(28)11-10-20-8-9-22(30-20)15-29-21-7-5-17-12-19(25)6-4-18(17)13-21/h4-14H,3,15H2,1-2H3/b11-10+. The second-order valence-corrected chi connectivity index (χ2v) is 7.82. The molecule has 0 atom stereocenters. The molecule has 4 rings (SSSR count). The molecule has 2 heterocycles. The fraction of sp³-hybridized carbons (Fsp3) is 0.167. The van der Waals surface area contributed by atoms with Crippen molar-refractivity contribution in [2.75, 3.05) is 0 Å². The minimum atomic E-state index is -0.0933. The summed E-state index contributed by atoms with van der Waals surface area (Å²) in [6.07, 6.45) is 4.78. The van der Waals surface area contributed by atoms with Gasteiger partial charge in [-0.3, -0.25) is 9.48 Å². The van der Waals surface area contributed by atoms with E-state index in [-0.39, 0.29) is 5.78 Å². The number of aryl methyl sites for hydroxylation is 1. The summed E-state index contributed by atoms with van der Waals surface area (Å²) in [6.45, 7) is 4.93. The van der Waals surface area contributed by atoms with E-state index in [4.69, 9.17) is 9.15 Å². The Labute approximate surface area is 183 Å². The molecule has 0 bridgehead atoms. The van der Waals surface area contributed by atoms with Crippen LogP contribution in [0.5, 0.6) is 5.75 Å². The molecule has 0 aliphatic rings. The number of hydrogen-bond donors (Lipinski definition) is 0. The number of nitrogens with zero attached hydrogens (tertiary/aromatic N) is 2. The topological polar surface area (TPSA) is 57.3 Å². The predicted octanol–water partition coefficient (Wildman–Crippen LogP) is 6.20. The Morgan fingerprint density at radius 2 is 1.97 bits per heavy atom. The zero-order valence-corrected chi connectivity index (χ0v) is 18.3. The van der Waals surface area contributed by atoms with Gasteiger partial charge >= 0.3 is 0 Å². The van der Waals surface area contributed by atoms with Gasteiger partial charge in [0.2, 0.25) is 0 Å². The van der Waals surface area contributed by atoms with Crippen molar-refractivity contribution in [1.82, 2.24) is 9.78 Å². The number of aromatic nitrogens is 2. The van der Waals surface area contributed by atoms with Gasteiger partial charge in [0.05, 0.1) is 11.8 Å². The summed E-state index contributed by atoms with van der Waals surface area (Å²) in [7, 11) is 0. The quantitative estimate of drug-likeness (QED) is 0.241. The van der Waals surface area contributed by atoms with Gasteiger partial charge in [-0.25, -0.2) is 0 Å². The SMILES string of the molecule is CCn1ncc(C(=O)/C=C/c2ccc(COc3ccc4cc(Br)ccc4c3)o2)c1C. The number of fused-ring (bicyclic) bond motifs is 1. The maximum atomic E-state index is 12.4. The van der Waals surface area contributed by atoms with Crippen LogP contribution in [-0.2, 0) is 13.2 Å². The van der Waals surface area contributed by atoms with Gasteiger partial charge in [0.1, 0.15) is 23.9 Å². The Hall–Kier alpha value is -3.12. The van der Waals surface area contributed by atoms with Crippen molar-refractivity contribution >= 4 is 38.6 Å². The van der Waals surface area contributed by atoms with E-state index in [1.54, 1.807) is 17.0 Å². The molecule has 0 fully saturated rings. The van der Waals surface area contributed by atoms with Gasteiger partial charge in [0.15, 0.2) is 5.78 Å². The highest BCUT2D eigenvalue weighted by atomic mass is 79.9. The van der Waals surface area contributed by atoms with E-state index in [0.29, 0.717) is 23.7 Å². The lowest BCUT2D eigenvalue weighted by Gasteiger charge is -2.06. The molecular formula is C24H21BrN2O3. The van der Waals surface area contributed by atoms with Gasteiger partial charge in [-0.2, -0.15) is 5.10 Å². The van der Waals surface area contributed by atoms with Crippen LogP contribution in [0.1, 0.15) is 34.5 Å². The Morgan fingerprint density at radius 1 is 1.17 bits per heavy atom. The number of ether oxygens (including phenoxy) is 1. The van der Waals surface area contributed by atoms with E-state index in [0.717, 1.165) is 33.2 Å². The third-order valence-electron chi connectivity index (χ3n) is 4.90. The maximum absolute atomic E-state index is 12.4. The van der Waals surface area contributed by atoms with E-state index in [9.17, 15) is 4.79 Å². The van der Waals surface area contributed by atoms with Crippen molar-refractivity contribution in [3.8, 4) is 5.75 Å². The average molecular weight is 465 g/mol. The molecule has 0 saturated carbocycles. The maximum Gasteiger partial charge on any atom is 0.189 e. The third kappa shape index (κ3) is 4.39. The Balaban J connectivity index is 1.39. The van der Waals surface area contributed by atoms with Gasteiger partial charge in [-0.1, -0.05) is 28.1 Å². The lowest BCUT2D eigenvalue weighted by Crippen LogP contribution is -2.01. The molecule has 0 aliphatic carbocycles. The number of ketones is 1. The molecule has 0 spiro atoms. The van der Waals surface area contributed by atoms with Crippen LogP contribution in [0.2, 0.25) is 0 Å². The van der Waals surface area contributed by atoms with Crippen molar-refractivity contribution in [2.45, 2.75) is 27.0 Å². The van der Waals surface area contributed by atoms with Gasteiger partial charge < -0.3 is 9.15 Å². The van der Waals surface area contributed by atoms with Crippen molar-refractivity contribution in [3.63, 3.8) is 0 Å². The van der Waals surface area contributed by atoms with Crippen LogP contribution >= 0.6 is 15.9 Å². The van der Waals surface area contributed by atoms with E-state index >= 15 is 0 Å². The van der Waals surface area contributed by atoms with Gasteiger partial charge in [0.25, 0.3) is 0 Å². The summed E-state index contributed by atoms with van der Waals surface area (Å²) in [6, 6.07) is 15.8. The van der Waals surface area contributed by atoms with Crippen LogP contribution in [0.4, 0.5) is 0 Å². The number of carbonyl (C=O) groups excluding carboxylic acids is 1. The number of rotatable bonds is 7. The summed E-state index contributed by atoms with van der Waals surface area (Å²) in [5.41, 5.74) is 1.47. The molecule has 2 aromatic heterocycles. The first kappa shape index (κ1) is 20.2. The summed E-state index contributed by atoms with van der Waals surface area (Å²) in [5.74, 6) is 1.97. The first-order valence-electron chi connectivity index (χ1n) is 9.69. The second-order valence-electron chi connectivity index (χ2n) is 6.90. The van der Waals surface area contributed by atoms with Crippen LogP contribution < -0.4 is 4.74 Å². The molecule has 6 heteroatoms. The van der Waals surface area contributed by atoms with E-state index in [1.165, 1.54) is 6.08 Å². The van der Waals surface area contributed by atoms with E-state index in [1.807, 2.05) is 56.3 Å². The van der Waals surface area contributed by atoms with Crippen molar-refractivity contribution in [3.05, 3.63) is 88.1 Å². The number of hydrogen-bond acceptors (Lipinski definition) is 4. The third-order valence-corrected chi connectivity index (χ3v) is 5.40. The molecule has 0 N–H and O–H groups in total. The van der Waals surface area contributed by atoms with E-state index < -0.39 is 0 Å². The molecular weight excluding hydrogens is 444 g/mol. The highest BCUT2D eigenvalue weighted by molar-refractivity contribution is 9.10. The fourth-order valence-corrected chi connectivity index (χ4v) is 3.63. The first-order valence-corrected chi connectivity index (χ1v) is 10.5. The lowest BCUT2D eigenvalue weighted by molar-refractivity contribution is 0.104. The van der Waals surface area contributed by atoms with Crippen molar-refractivity contribution < 1.29 is 13.9 Å². The van der Waals surface area contributed by atoms with Crippen LogP contribution in [0, 0.1) is 6.92 Å². The second kappa shape index (κ2) is 8.71. The number of benzene rings is 2. The van der Waals surface area contributed by atoms with Crippen molar-refractivity contribution in [2.24, 2.45) is 0 Å². The minimum Gasteiger partial charge on any atom is -0.486 e. The molecule has 2 aromatic carbocycles. The fourth-order valence-electron chi connectivity index (χ4n) is 3.26. The monoisotopic (exact) mass is 464 g/mol. The molecule has 30 heavy (non-hydrogen) atoms. The Kier molecular flexibility index (Phi) is 5.86. The van der Waals surface area contributed by atoms with Crippen LogP contribution in [0.3, 0.4) is 0 Å². The molecule has 0 radical (unpaired) electrons. The number of allylic oxidation sites excluding steroid dienone is 1. The van der Waals surface area contributed by atoms with Gasteiger partial charge in [0, 0.05) is 16.7 Å². The molecule has 152 valence electrons. The molecule has 0 saturated heterocycles. The average Bonchev–Trinajstić information content (AvgIpc) is 3.36. The zero-order chi connectivity index (χ0) is 21.1. The highest BCUT2D eigenvalue weighted by Gasteiger charge is 2.11. The Bertz CT molecular complexity index is 1240. The molecule has 0 aliphatic heterocycles. The number of halogens is 1. The minimum absolute atomic E-state index is 0.0933. The van der Waals surface area contributed by atoms with Crippen molar-refractivity contribution in [1.29, 1.82) is 0 Å². The normalized spacial score (nSPS) is 11.4. The summed E-state index contributed by atoms with van der Waals surface area (Å²) in [4.78, 5) is 12.4. The number of furan rings is 1. The summed E-state index contributed by atoms with van der Waals surface area (Å²) in [5, 5.41) is 6.47. The van der Waals surface area contributed by atoms with Crippen LogP contribution in [0.15, 0.2) is 69.7 Å². The van der Waals surface area contributed by atoms with Gasteiger partial charge in [-0.05, 0) is 73.2 Å². The molecule has 5 nitrogen and oxygen atoms in total. The first-order chi connectivity index (χ1) is 14.5.